The molecule has 0 saturated heterocycles. The molecule has 1 unspecified atom stereocenters. The van der Waals surface area contributed by atoms with Crippen molar-refractivity contribution in [1.29, 1.82) is 0 Å². The monoisotopic (exact) mass is 419 g/mol. The maximum atomic E-state index is 12.1. The lowest BCUT2D eigenvalue weighted by atomic mass is 10.1. The van der Waals surface area contributed by atoms with Gasteiger partial charge in [0.15, 0.2) is 5.58 Å². The Balaban J connectivity index is 1.83. The molecule has 0 fully saturated rings. The number of carbonyl (C=O) groups excluding carboxylic acids is 1. The number of esters is 1. The third-order valence-electron chi connectivity index (χ3n) is 4.48. The molecule has 1 N–H and O–H groups in total. The van der Waals surface area contributed by atoms with Crippen molar-refractivity contribution in [3.63, 3.8) is 0 Å². The molecule has 7 nitrogen and oxygen atoms in total. The summed E-state index contributed by atoms with van der Waals surface area (Å²) in [4.78, 5) is 28.1. The molecule has 3 aromatic rings. The van der Waals surface area contributed by atoms with Crippen LogP contribution < -0.4 is 4.74 Å². The zero-order valence-corrected chi connectivity index (χ0v) is 17.1. The fraction of sp³-hybridized carbons (Fsp3) is 0.208. The Bertz CT molecular complexity index is 1170. The number of fused-ring (bicyclic) bond motifs is 1. The van der Waals surface area contributed by atoms with E-state index in [9.17, 15) is 14.7 Å². The summed E-state index contributed by atoms with van der Waals surface area (Å²) in [6.45, 7) is 3.71. The van der Waals surface area contributed by atoms with Crippen molar-refractivity contribution < 1.29 is 28.6 Å². The van der Waals surface area contributed by atoms with Crippen molar-refractivity contribution in [2.45, 2.75) is 26.4 Å². The third-order valence-corrected chi connectivity index (χ3v) is 4.48. The standard InChI is InChI=1S/C24H21NO6/c1-4-12-29-18-10-11-20-21(14-18)31-22(25-20)17-8-6-16(7-9-17)13-19(23(26)27)24(28)30-15(3)5-2/h1,6-11,13-15H,5,12H2,2-3H3,(H,26,27). The van der Waals surface area contributed by atoms with Crippen molar-refractivity contribution >= 4 is 29.1 Å². The molecule has 0 aliphatic carbocycles. The van der Waals surface area contributed by atoms with Gasteiger partial charge in [-0.3, -0.25) is 0 Å². The number of carboxylic acid groups (broad SMARTS) is 1. The lowest BCUT2D eigenvalue weighted by Crippen LogP contribution is -2.20. The number of terminal acetylenes is 1. The van der Waals surface area contributed by atoms with Crippen molar-refractivity contribution in [1.82, 2.24) is 4.98 Å². The highest BCUT2D eigenvalue weighted by Crippen LogP contribution is 2.27. The van der Waals surface area contributed by atoms with Crippen LogP contribution in [0.1, 0.15) is 25.8 Å². The van der Waals surface area contributed by atoms with Gasteiger partial charge in [0.1, 0.15) is 23.4 Å². The Hall–Kier alpha value is -4.05. The number of ether oxygens (including phenoxy) is 2. The number of benzene rings is 2. The van der Waals surface area contributed by atoms with Crippen LogP contribution in [-0.4, -0.2) is 34.7 Å². The van der Waals surface area contributed by atoms with Crippen molar-refractivity contribution in [3.8, 4) is 29.5 Å². The first kappa shape index (κ1) is 21.7. The number of hydrogen-bond donors (Lipinski definition) is 1. The molecule has 158 valence electrons. The second-order valence-corrected chi connectivity index (χ2v) is 6.75. The minimum absolute atomic E-state index is 0.157. The van der Waals surface area contributed by atoms with E-state index in [0.717, 1.165) is 0 Å². The van der Waals surface area contributed by atoms with E-state index >= 15 is 0 Å². The number of carboxylic acids is 1. The topological polar surface area (TPSA) is 98.9 Å². The number of rotatable bonds is 8. The molecule has 0 spiro atoms. The quantitative estimate of drug-likeness (QED) is 0.191. The van der Waals surface area contributed by atoms with E-state index in [0.29, 0.717) is 40.3 Å². The Morgan fingerprint density at radius 2 is 2.00 bits per heavy atom. The first-order valence-electron chi connectivity index (χ1n) is 9.64. The van der Waals surface area contributed by atoms with E-state index in [1.54, 1.807) is 49.4 Å². The molecule has 7 heteroatoms. The summed E-state index contributed by atoms with van der Waals surface area (Å²) < 4.78 is 16.3. The molecule has 0 aliphatic rings. The molecule has 0 aliphatic heterocycles. The second kappa shape index (κ2) is 9.63. The van der Waals surface area contributed by atoms with E-state index in [1.165, 1.54) is 6.08 Å². The lowest BCUT2D eigenvalue weighted by molar-refractivity contribution is -0.147. The number of nitrogens with zero attached hydrogens (tertiary/aromatic N) is 1. The van der Waals surface area contributed by atoms with Gasteiger partial charge >= 0.3 is 11.9 Å². The van der Waals surface area contributed by atoms with Gasteiger partial charge < -0.3 is 19.0 Å². The average Bonchev–Trinajstić information content (AvgIpc) is 3.19. The van der Waals surface area contributed by atoms with Crippen LogP contribution in [0, 0.1) is 12.3 Å². The highest BCUT2D eigenvalue weighted by molar-refractivity contribution is 6.17. The first-order chi connectivity index (χ1) is 14.9. The highest BCUT2D eigenvalue weighted by Gasteiger charge is 2.21. The molecule has 0 amide bonds. The Kier molecular flexibility index (Phi) is 6.73. The van der Waals surface area contributed by atoms with E-state index in [4.69, 9.17) is 20.3 Å². The molecule has 1 aromatic heterocycles. The number of aliphatic carboxylic acids is 1. The van der Waals surface area contributed by atoms with Crippen LogP contribution >= 0.6 is 0 Å². The summed E-state index contributed by atoms with van der Waals surface area (Å²) in [7, 11) is 0. The fourth-order valence-electron chi connectivity index (χ4n) is 2.67. The summed E-state index contributed by atoms with van der Waals surface area (Å²) in [6.07, 6.45) is 6.70. The largest absolute Gasteiger partial charge is 0.481 e. The van der Waals surface area contributed by atoms with Crippen molar-refractivity contribution in [2.75, 3.05) is 6.61 Å². The Morgan fingerprint density at radius 3 is 2.65 bits per heavy atom. The maximum Gasteiger partial charge on any atom is 0.345 e. The minimum Gasteiger partial charge on any atom is -0.481 e. The van der Waals surface area contributed by atoms with Gasteiger partial charge in [0.2, 0.25) is 5.89 Å². The second-order valence-electron chi connectivity index (χ2n) is 6.75. The smallest absolute Gasteiger partial charge is 0.345 e. The molecule has 1 heterocycles. The SMILES string of the molecule is C#CCOc1ccc2nc(-c3ccc(C=C(C(=O)O)C(=O)OC(C)CC)cc3)oc2c1. The summed E-state index contributed by atoms with van der Waals surface area (Å²) in [5.74, 6) is 1.17. The summed E-state index contributed by atoms with van der Waals surface area (Å²) in [5, 5.41) is 9.37. The van der Waals surface area contributed by atoms with Crippen LogP contribution in [-0.2, 0) is 14.3 Å². The van der Waals surface area contributed by atoms with E-state index in [-0.39, 0.29) is 12.7 Å². The molecule has 1 atom stereocenters. The molecule has 2 aromatic carbocycles. The summed E-state index contributed by atoms with van der Waals surface area (Å²) in [5.41, 5.74) is 2.00. The van der Waals surface area contributed by atoms with Gasteiger partial charge in [-0.15, -0.1) is 6.42 Å². The molecule has 0 bridgehead atoms. The average molecular weight is 419 g/mol. The van der Waals surface area contributed by atoms with Gasteiger partial charge in [-0.1, -0.05) is 25.0 Å². The van der Waals surface area contributed by atoms with Crippen LogP contribution in [0.5, 0.6) is 5.75 Å². The van der Waals surface area contributed by atoms with Gasteiger partial charge in [-0.25, -0.2) is 14.6 Å². The predicted molar refractivity (Wildman–Crippen MR) is 115 cm³/mol. The zero-order chi connectivity index (χ0) is 22.4. The maximum absolute atomic E-state index is 12.1. The number of hydrogen-bond acceptors (Lipinski definition) is 6. The van der Waals surface area contributed by atoms with Gasteiger partial charge in [0.05, 0.1) is 6.10 Å². The van der Waals surface area contributed by atoms with Crippen LogP contribution in [0.2, 0.25) is 0 Å². The zero-order valence-electron chi connectivity index (χ0n) is 17.1. The van der Waals surface area contributed by atoms with Crippen LogP contribution in [0.4, 0.5) is 0 Å². The first-order valence-corrected chi connectivity index (χ1v) is 9.64. The fourth-order valence-corrected chi connectivity index (χ4v) is 2.67. The lowest BCUT2D eigenvalue weighted by Gasteiger charge is -2.11. The number of aromatic nitrogens is 1. The van der Waals surface area contributed by atoms with Crippen LogP contribution in [0.15, 0.2) is 52.5 Å². The van der Waals surface area contributed by atoms with Gasteiger partial charge in [0.25, 0.3) is 0 Å². The number of oxazole rings is 1. The normalized spacial score (nSPS) is 12.2. The molecule has 31 heavy (non-hydrogen) atoms. The molecular formula is C24H21NO6. The van der Waals surface area contributed by atoms with Gasteiger partial charge in [-0.2, -0.15) is 0 Å². The third kappa shape index (κ3) is 5.31. The minimum atomic E-state index is -1.35. The molecule has 0 radical (unpaired) electrons. The van der Waals surface area contributed by atoms with E-state index < -0.39 is 17.5 Å². The van der Waals surface area contributed by atoms with Gasteiger partial charge in [-0.05, 0) is 49.2 Å². The molecule has 0 saturated carbocycles. The van der Waals surface area contributed by atoms with Gasteiger partial charge in [0, 0.05) is 11.6 Å². The van der Waals surface area contributed by atoms with Crippen molar-refractivity contribution in [3.05, 3.63) is 53.6 Å². The van der Waals surface area contributed by atoms with Crippen LogP contribution in [0.3, 0.4) is 0 Å². The summed E-state index contributed by atoms with van der Waals surface area (Å²) in [6, 6.07) is 12.0. The molecular weight excluding hydrogens is 398 g/mol. The Morgan fingerprint density at radius 1 is 1.26 bits per heavy atom. The van der Waals surface area contributed by atoms with Crippen LogP contribution in [0.25, 0.3) is 28.6 Å². The van der Waals surface area contributed by atoms with E-state index in [2.05, 4.69) is 10.9 Å². The van der Waals surface area contributed by atoms with Crippen molar-refractivity contribution in [2.24, 2.45) is 0 Å². The Labute approximate surface area is 179 Å². The number of carbonyl (C=O) groups is 2. The van der Waals surface area contributed by atoms with E-state index in [1.807, 2.05) is 6.92 Å². The summed E-state index contributed by atoms with van der Waals surface area (Å²) >= 11 is 0. The molecule has 3 rings (SSSR count). The highest BCUT2D eigenvalue weighted by atomic mass is 16.5. The predicted octanol–water partition coefficient (Wildman–Crippen LogP) is 4.32.